The lowest BCUT2D eigenvalue weighted by Gasteiger charge is -2.27. The molecule has 2 heterocycles. The van der Waals surface area contributed by atoms with Gasteiger partial charge in [0.25, 0.3) is 0 Å². The van der Waals surface area contributed by atoms with E-state index in [-0.39, 0.29) is 18.1 Å². The largest absolute Gasteiger partial charge is 0.332 e. The molecule has 0 radical (unpaired) electrons. The van der Waals surface area contributed by atoms with Crippen LogP contribution in [0.5, 0.6) is 0 Å². The first kappa shape index (κ1) is 18.2. The van der Waals surface area contributed by atoms with Gasteiger partial charge in [-0.1, -0.05) is 0 Å². The Labute approximate surface area is 149 Å². The molecule has 0 spiro atoms. The zero-order chi connectivity index (χ0) is 18.8. The van der Waals surface area contributed by atoms with Gasteiger partial charge in [-0.25, -0.2) is 18.0 Å². The van der Waals surface area contributed by atoms with Crippen LogP contribution in [0.25, 0.3) is 0 Å². The third kappa shape index (κ3) is 3.82. The Morgan fingerprint density at radius 3 is 2.69 bits per heavy atom. The second kappa shape index (κ2) is 7.36. The minimum atomic E-state index is -1.14. The molecule has 1 N–H and O–H groups in total. The summed E-state index contributed by atoms with van der Waals surface area (Å²) in [6.07, 6.45) is 0. The average Bonchev–Trinajstić information content (AvgIpc) is 3.02. The van der Waals surface area contributed by atoms with Crippen molar-refractivity contribution in [1.29, 1.82) is 0 Å². The Morgan fingerprint density at radius 1 is 1.23 bits per heavy atom. The maximum absolute atomic E-state index is 13.9. The van der Waals surface area contributed by atoms with E-state index in [1.807, 2.05) is 15.6 Å². The second-order valence-corrected chi connectivity index (χ2v) is 6.44. The van der Waals surface area contributed by atoms with Crippen LogP contribution in [0.4, 0.5) is 18.0 Å². The van der Waals surface area contributed by atoms with Gasteiger partial charge in [-0.3, -0.25) is 9.58 Å². The van der Waals surface area contributed by atoms with Gasteiger partial charge in [-0.15, -0.1) is 0 Å². The molecule has 0 unspecified atom stereocenters. The number of carbonyl (C=O) groups excluding carboxylic acids is 1. The van der Waals surface area contributed by atoms with Crippen molar-refractivity contribution in [2.75, 3.05) is 20.6 Å². The van der Waals surface area contributed by atoms with Gasteiger partial charge in [0.1, 0.15) is 5.82 Å². The number of hydrogen-bond acceptors (Lipinski definition) is 3. The molecule has 0 bridgehead atoms. The number of rotatable bonds is 4. The van der Waals surface area contributed by atoms with Crippen molar-refractivity contribution in [3.63, 3.8) is 0 Å². The number of fused-ring (bicyclic) bond motifs is 1. The fourth-order valence-corrected chi connectivity index (χ4v) is 2.86. The molecule has 0 fully saturated rings. The molecule has 0 saturated carbocycles. The number of amides is 2. The summed E-state index contributed by atoms with van der Waals surface area (Å²) < 4.78 is 42.8. The highest BCUT2D eigenvalue weighted by Crippen LogP contribution is 2.21. The first-order valence-electron chi connectivity index (χ1n) is 8.20. The molecular formula is C17H20F3N5O. The summed E-state index contributed by atoms with van der Waals surface area (Å²) in [7, 11) is 3.30. The van der Waals surface area contributed by atoms with E-state index in [1.165, 1.54) is 4.90 Å². The van der Waals surface area contributed by atoms with E-state index < -0.39 is 17.5 Å². The van der Waals surface area contributed by atoms with E-state index in [2.05, 4.69) is 10.4 Å². The van der Waals surface area contributed by atoms with Gasteiger partial charge in [0.05, 0.1) is 24.5 Å². The SMILES string of the molecule is CN(C)C(=O)NCc1cc2n(n1)CCN(Cc1c(F)ccc(F)c1F)C2. The Hall–Kier alpha value is -2.55. The summed E-state index contributed by atoms with van der Waals surface area (Å²) in [6, 6.07) is 3.36. The molecule has 1 aromatic heterocycles. The van der Waals surface area contributed by atoms with Crippen molar-refractivity contribution in [1.82, 2.24) is 24.9 Å². The molecule has 140 valence electrons. The van der Waals surface area contributed by atoms with Crippen molar-refractivity contribution in [2.24, 2.45) is 0 Å². The Bertz CT molecular complexity index is 821. The third-order valence-corrected chi connectivity index (χ3v) is 4.28. The predicted molar refractivity (Wildman–Crippen MR) is 88.6 cm³/mol. The summed E-state index contributed by atoms with van der Waals surface area (Å²) in [5.74, 6) is -2.95. The highest BCUT2D eigenvalue weighted by Gasteiger charge is 2.22. The van der Waals surface area contributed by atoms with Gasteiger partial charge in [0.15, 0.2) is 11.6 Å². The number of urea groups is 1. The lowest BCUT2D eigenvalue weighted by molar-refractivity contribution is 0.199. The Balaban J connectivity index is 1.67. The van der Waals surface area contributed by atoms with Gasteiger partial charge in [0.2, 0.25) is 0 Å². The van der Waals surface area contributed by atoms with E-state index in [4.69, 9.17) is 0 Å². The molecule has 1 aromatic carbocycles. The first-order chi connectivity index (χ1) is 12.3. The van der Waals surface area contributed by atoms with Crippen LogP contribution in [0.1, 0.15) is 17.0 Å². The molecule has 1 aliphatic heterocycles. The van der Waals surface area contributed by atoms with Crippen LogP contribution in [0, 0.1) is 17.5 Å². The van der Waals surface area contributed by atoms with Gasteiger partial charge in [-0.05, 0) is 18.2 Å². The minimum Gasteiger partial charge on any atom is -0.332 e. The molecule has 9 heteroatoms. The number of hydrogen-bond donors (Lipinski definition) is 1. The van der Waals surface area contributed by atoms with Gasteiger partial charge < -0.3 is 10.2 Å². The number of nitrogens with zero attached hydrogens (tertiary/aromatic N) is 4. The molecule has 3 rings (SSSR count). The highest BCUT2D eigenvalue weighted by molar-refractivity contribution is 5.73. The van der Waals surface area contributed by atoms with Crippen molar-refractivity contribution in [2.45, 2.75) is 26.2 Å². The van der Waals surface area contributed by atoms with Crippen LogP contribution in [0.3, 0.4) is 0 Å². The van der Waals surface area contributed by atoms with Crippen LogP contribution in [0.15, 0.2) is 18.2 Å². The smallest absolute Gasteiger partial charge is 0.317 e. The number of nitrogens with one attached hydrogen (secondary N) is 1. The molecule has 2 amide bonds. The average molecular weight is 367 g/mol. The van der Waals surface area contributed by atoms with Crippen molar-refractivity contribution in [3.8, 4) is 0 Å². The van der Waals surface area contributed by atoms with E-state index in [0.717, 1.165) is 17.8 Å². The number of halogens is 3. The van der Waals surface area contributed by atoms with Crippen LogP contribution in [-0.2, 0) is 26.2 Å². The van der Waals surface area contributed by atoms with Gasteiger partial charge in [-0.2, -0.15) is 5.10 Å². The third-order valence-electron chi connectivity index (χ3n) is 4.28. The van der Waals surface area contributed by atoms with Gasteiger partial charge in [0, 0.05) is 39.3 Å². The number of aromatic nitrogens is 2. The van der Waals surface area contributed by atoms with Crippen molar-refractivity contribution < 1.29 is 18.0 Å². The van der Waals surface area contributed by atoms with Crippen molar-refractivity contribution >= 4 is 6.03 Å². The van der Waals surface area contributed by atoms with Crippen molar-refractivity contribution in [3.05, 3.63) is 52.6 Å². The standard InChI is InChI=1S/C17H20F3N5O/c1-23(2)17(26)21-8-11-7-12-9-24(5-6-25(12)22-11)10-13-14(18)3-4-15(19)16(13)20/h3-4,7H,5-6,8-10H2,1-2H3,(H,21,26). The molecule has 0 saturated heterocycles. The summed E-state index contributed by atoms with van der Waals surface area (Å²) in [6.45, 7) is 1.80. The molecule has 26 heavy (non-hydrogen) atoms. The Morgan fingerprint density at radius 2 is 1.96 bits per heavy atom. The number of carbonyl (C=O) groups is 1. The summed E-state index contributed by atoms with van der Waals surface area (Å²) >= 11 is 0. The fraction of sp³-hybridized carbons (Fsp3) is 0.412. The maximum Gasteiger partial charge on any atom is 0.317 e. The summed E-state index contributed by atoms with van der Waals surface area (Å²) in [5.41, 5.74) is 1.32. The quantitative estimate of drug-likeness (QED) is 0.842. The second-order valence-electron chi connectivity index (χ2n) is 6.44. The topological polar surface area (TPSA) is 53.4 Å². The normalized spacial score (nSPS) is 14.2. The summed E-state index contributed by atoms with van der Waals surface area (Å²) in [5, 5.41) is 7.16. The minimum absolute atomic E-state index is 0.0205. The molecule has 1 aliphatic rings. The van der Waals surface area contributed by atoms with Crippen LogP contribution >= 0.6 is 0 Å². The van der Waals surface area contributed by atoms with Crippen LogP contribution in [0.2, 0.25) is 0 Å². The Kier molecular flexibility index (Phi) is 5.17. The van der Waals surface area contributed by atoms with E-state index in [1.54, 1.807) is 14.1 Å². The summed E-state index contributed by atoms with van der Waals surface area (Å²) in [4.78, 5) is 14.8. The molecule has 0 atom stereocenters. The highest BCUT2D eigenvalue weighted by atomic mass is 19.2. The van der Waals surface area contributed by atoms with E-state index in [0.29, 0.717) is 31.9 Å². The molecular weight excluding hydrogens is 347 g/mol. The first-order valence-corrected chi connectivity index (χ1v) is 8.20. The monoisotopic (exact) mass is 367 g/mol. The molecule has 2 aromatic rings. The van der Waals surface area contributed by atoms with E-state index >= 15 is 0 Å². The zero-order valence-corrected chi connectivity index (χ0v) is 14.6. The van der Waals surface area contributed by atoms with E-state index in [9.17, 15) is 18.0 Å². The number of benzene rings is 1. The van der Waals surface area contributed by atoms with Gasteiger partial charge >= 0.3 is 6.03 Å². The fourth-order valence-electron chi connectivity index (χ4n) is 2.86. The lowest BCUT2D eigenvalue weighted by atomic mass is 10.1. The molecule has 6 nitrogen and oxygen atoms in total. The van der Waals surface area contributed by atoms with Crippen LogP contribution in [-0.4, -0.2) is 46.3 Å². The van der Waals surface area contributed by atoms with Crippen LogP contribution < -0.4 is 5.32 Å². The predicted octanol–water partition coefficient (Wildman–Crippen LogP) is 2.09. The lowest BCUT2D eigenvalue weighted by Crippen LogP contribution is -2.34. The molecule has 0 aliphatic carbocycles. The maximum atomic E-state index is 13.9. The zero-order valence-electron chi connectivity index (χ0n) is 14.6.